The van der Waals surface area contributed by atoms with Crippen LogP contribution in [-0.4, -0.2) is 18.5 Å². The van der Waals surface area contributed by atoms with E-state index in [1.165, 1.54) is 24.0 Å². The molecule has 0 aliphatic carbocycles. The molecule has 0 aromatic heterocycles. The predicted octanol–water partition coefficient (Wildman–Crippen LogP) is 3.98. The quantitative estimate of drug-likeness (QED) is 0.764. The summed E-state index contributed by atoms with van der Waals surface area (Å²) in [5.74, 6) is 0. The lowest BCUT2D eigenvalue weighted by molar-refractivity contribution is 0.00615. The Bertz CT molecular complexity index is 338. The topological polar surface area (TPSA) is 9.23 Å². The first-order valence-corrected chi connectivity index (χ1v) is 7.62. The van der Waals surface area contributed by atoms with E-state index in [9.17, 15) is 0 Å². The third kappa shape index (κ3) is 3.32. The van der Waals surface area contributed by atoms with Crippen molar-refractivity contribution in [3.05, 3.63) is 35.4 Å². The smallest absolute Gasteiger partial charge is 0.0533 e. The number of rotatable bonds is 4. The maximum Gasteiger partial charge on any atom is 0.0533 e. The number of ether oxygens (including phenoxy) is 1. The van der Waals surface area contributed by atoms with Crippen LogP contribution in [0.1, 0.15) is 30.9 Å². The van der Waals surface area contributed by atoms with Gasteiger partial charge in [0, 0.05) is 17.4 Å². The minimum absolute atomic E-state index is 0.311. The molecule has 2 rings (SSSR count). The molecule has 1 saturated heterocycles. The molecule has 1 fully saturated rings. The molecular weight excluding hydrogens is 276 g/mol. The largest absolute Gasteiger partial charge is 0.381 e. The summed E-state index contributed by atoms with van der Waals surface area (Å²) in [7, 11) is 0. The zero-order valence-corrected chi connectivity index (χ0v) is 12.1. The molecule has 1 heterocycles. The molecule has 1 unspecified atom stereocenters. The van der Waals surface area contributed by atoms with Crippen molar-refractivity contribution >= 4 is 15.9 Å². The van der Waals surface area contributed by atoms with Crippen LogP contribution in [0.4, 0.5) is 0 Å². The van der Waals surface area contributed by atoms with Gasteiger partial charge in [0.25, 0.3) is 0 Å². The van der Waals surface area contributed by atoms with Crippen LogP contribution in [0.15, 0.2) is 24.3 Å². The van der Waals surface area contributed by atoms with Crippen molar-refractivity contribution in [2.24, 2.45) is 5.41 Å². The lowest BCUT2D eigenvalue weighted by atomic mass is 9.79. The number of benzene rings is 1. The second kappa shape index (κ2) is 6.01. The van der Waals surface area contributed by atoms with Gasteiger partial charge in [-0.25, -0.2) is 0 Å². The van der Waals surface area contributed by atoms with Crippen LogP contribution >= 0.6 is 15.9 Å². The van der Waals surface area contributed by atoms with Gasteiger partial charge in [-0.2, -0.15) is 0 Å². The van der Waals surface area contributed by atoms with Crippen LogP contribution in [0.25, 0.3) is 0 Å². The number of hydrogen-bond acceptors (Lipinski definition) is 1. The van der Waals surface area contributed by atoms with Crippen molar-refractivity contribution in [3.63, 3.8) is 0 Å². The molecule has 1 aliphatic rings. The minimum Gasteiger partial charge on any atom is -0.381 e. The molecule has 0 spiro atoms. The molecule has 94 valence electrons. The van der Waals surface area contributed by atoms with E-state index in [2.05, 4.69) is 47.1 Å². The van der Waals surface area contributed by atoms with E-state index >= 15 is 0 Å². The molecular formula is C15H21BrO. The summed E-state index contributed by atoms with van der Waals surface area (Å²) in [5, 5.41) is 1.04. The average molecular weight is 297 g/mol. The van der Waals surface area contributed by atoms with E-state index < -0.39 is 0 Å². The van der Waals surface area contributed by atoms with Crippen molar-refractivity contribution in [1.29, 1.82) is 0 Å². The van der Waals surface area contributed by atoms with Gasteiger partial charge in [-0.15, -0.1) is 0 Å². The fourth-order valence-corrected chi connectivity index (χ4v) is 3.17. The first kappa shape index (κ1) is 13.1. The van der Waals surface area contributed by atoms with E-state index in [1.54, 1.807) is 0 Å². The van der Waals surface area contributed by atoms with Crippen LogP contribution in [0.5, 0.6) is 0 Å². The summed E-state index contributed by atoms with van der Waals surface area (Å²) in [6, 6.07) is 9.05. The summed E-state index contributed by atoms with van der Waals surface area (Å²) >= 11 is 3.67. The van der Waals surface area contributed by atoms with Gasteiger partial charge in [-0.05, 0) is 36.8 Å². The van der Waals surface area contributed by atoms with E-state index in [0.29, 0.717) is 5.41 Å². The van der Waals surface area contributed by atoms with Gasteiger partial charge in [0.05, 0.1) is 6.61 Å². The molecule has 0 N–H and O–H groups in total. The number of alkyl halides is 1. The first-order valence-electron chi connectivity index (χ1n) is 6.49. The van der Waals surface area contributed by atoms with Crippen LogP contribution < -0.4 is 0 Å². The third-order valence-corrected chi connectivity index (χ3v) is 4.89. The Balaban J connectivity index is 2.06. The Labute approximate surface area is 113 Å². The van der Waals surface area contributed by atoms with Gasteiger partial charge in [0.15, 0.2) is 0 Å². The monoisotopic (exact) mass is 296 g/mol. The molecule has 1 nitrogen and oxygen atoms in total. The Kier molecular flexibility index (Phi) is 4.63. The number of aryl methyl sites for hydroxylation is 1. The summed E-state index contributed by atoms with van der Waals surface area (Å²) in [4.78, 5) is 0. The van der Waals surface area contributed by atoms with Crippen molar-refractivity contribution in [1.82, 2.24) is 0 Å². The predicted molar refractivity (Wildman–Crippen MR) is 75.8 cm³/mol. The van der Waals surface area contributed by atoms with Gasteiger partial charge >= 0.3 is 0 Å². The summed E-state index contributed by atoms with van der Waals surface area (Å²) < 4.78 is 5.66. The highest BCUT2D eigenvalue weighted by atomic mass is 79.9. The van der Waals surface area contributed by atoms with Gasteiger partial charge in [-0.3, -0.25) is 0 Å². The molecule has 1 aromatic rings. The van der Waals surface area contributed by atoms with E-state index in [0.717, 1.165) is 31.4 Å². The highest BCUT2D eigenvalue weighted by molar-refractivity contribution is 9.09. The Morgan fingerprint density at radius 2 is 1.94 bits per heavy atom. The molecule has 1 atom stereocenters. The van der Waals surface area contributed by atoms with Crippen LogP contribution in [-0.2, 0) is 17.6 Å². The van der Waals surface area contributed by atoms with Gasteiger partial charge < -0.3 is 4.74 Å². The van der Waals surface area contributed by atoms with Crippen molar-refractivity contribution in [2.75, 3.05) is 18.5 Å². The molecule has 0 bridgehead atoms. The van der Waals surface area contributed by atoms with Gasteiger partial charge in [-0.1, -0.05) is 47.1 Å². The lowest BCUT2D eigenvalue weighted by Crippen LogP contribution is -2.35. The summed E-state index contributed by atoms with van der Waals surface area (Å²) in [6.45, 7) is 4.03. The first-order chi connectivity index (χ1) is 8.28. The zero-order chi connectivity index (χ0) is 12.1. The molecule has 0 radical (unpaired) electrons. The van der Waals surface area contributed by atoms with Crippen molar-refractivity contribution in [3.8, 4) is 0 Å². The fraction of sp³-hybridized carbons (Fsp3) is 0.600. The fourth-order valence-electron chi connectivity index (χ4n) is 2.53. The van der Waals surface area contributed by atoms with E-state index in [1.807, 2.05) is 0 Å². The average Bonchev–Trinajstić information content (AvgIpc) is 2.41. The molecule has 1 aliphatic heterocycles. The molecule has 0 amide bonds. The standard InChI is InChI=1S/C15H21BrO/c1-2-13-4-6-14(7-5-13)10-15(11-16)8-3-9-17-12-15/h4-7H,2-3,8-12H2,1H3. The van der Waals surface area contributed by atoms with Crippen molar-refractivity contribution in [2.45, 2.75) is 32.6 Å². The molecule has 1 aromatic carbocycles. The third-order valence-electron chi connectivity index (χ3n) is 3.70. The van der Waals surface area contributed by atoms with Crippen LogP contribution in [0.3, 0.4) is 0 Å². The lowest BCUT2D eigenvalue weighted by Gasteiger charge is -2.35. The maximum atomic E-state index is 5.66. The van der Waals surface area contributed by atoms with Crippen LogP contribution in [0, 0.1) is 5.41 Å². The summed E-state index contributed by atoms with van der Waals surface area (Å²) in [5.41, 5.74) is 3.17. The normalized spacial score (nSPS) is 24.8. The number of halogens is 1. The van der Waals surface area contributed by atoms with Gasteiger partial charge in [0.1, 0.15) is 0 Å². The van der Waals surface area contributed by atoms with Crippen molar-refractivity contribution < 1.29 is 4.74 Å². The molecule has 2 heteroatoms. The Hall–Kier alpha value is -0.340. The van der Waals surface area contributed by atoms with Crippen LogP contribution in [0.2, 0.25) is 0 Å². The minimum atomic E-state index is 0.311. The zero-order valence-electron chi connectivity index (χ0n) is 10.5. The SMILES string of the molecule is CCc1ccc(CC2(CBr)CCCOC2)cc1. The highest BCUT2D eigenvalue weighted by Gasteiger charge is 2.31. The molecule has 17 heavy (non-hydrogen) atoms. The van der Waals surface area contributed by atoms with E-state index in [4.69, 9.17) is 4.74 Å². The van der Waals surface area contributed by atoms with Gasteiger partial charge in [0.2, 0.25) is 0 Å². The number of hydrogen-bond donors (Lipinski definition) is 0. The second-order valence-corrected chi connectivity index (χ2v) is 5.70. The Morgan fingerprint density at radius 1 is 1.24 bits per heavy atom. The second-order valence-electron chi connectivity index (χ2n) is 5.14. The van der Waals surface area contributed by atoms with E-state index in [-0.39, 0.29) is 0 Å². The molecule has 0 saturated carbocycles. The Morgan fingerprint density at radius 3 is 2.47 bits per heavy atom. The highest BCUT2D eigenvalue weighted by Crippen LogP contribution is 2.34. The summed E-state index contributed by atoms with van der Waals surface area (Å²) in [6.07, 6.45) is 4.71. The maximum absolute atomic E-state index is 5.66.